The van der Waals surface area contributed by atoms with Crippen molar-refractivity contribution >= 4 is 43.6 Å². The van der Waals surface area contributed by atoms with Crippen LogP contribution in [-0.2, 0) is 6.42 Å². The third-order valence-corrected chi connectivity index (χ3v) is 8.32. The molecule has 0 fully saturated rings. The van der Waals surface area contributed by atoms with Gasteiger partial charge in [0.15, 0.2) is 5.82 Å². The highest BCUT2D eigenvalue weighted by atomic mass is 16.3. The molecular formula is C37H22N2O. The zero-order valence-electron chi connectivity index (χ0n) is 21.6. The van der Waals surface area contributed by atoms with Gasteiger partial charge in [-0.05, 0) is 69.8 Å². The second-order valence-corrected chi connectivity index (χ2v) is 10.6. The van der Waals surface area contributed by atoms with Crippen LogP contribution in [0.1, 0.15) is 11.1 Å². The van der Waals surface area contributed by atoms with E-state index in [4.69, 9.17) is 14.4 Å². The zero-order valence-corrected chi connectivity index (χ0v) is 21.6. The number of fused-ring (bicyclic) bond motifs is 9. The molecule has 3 nitrogen and oxygen atoms in total. The molecule has 8 aromatic rings. The summed E-state index contributed by atoms with van der Waals surface area (Å²) in [7, 11) is 0. The maximum Gasteiger partial charge on any atom is 0.160 e. The van der Waals surface area contributed by atoms with E-state index in [0.29, 0.717) is 5.82 Å². The Bertz CT molecular complexity index is 2310. The number of hydrogen-bond acceptors (Lipinski definition) is 3. The van der Waals surface area contributed by atoms with Gasteiger partial charge in [-0.1, -0.05) is 91.0 Å². The van der Waals surface area contributed by atoms with E-state index in [1.807, 2.05) is 24.3 Å². The summed E-state index contributed by atoms with van der Waals surface area (Å²) in [5.41, 5.74) is 11.1. The quantitative estimate of drug-likeness (QED) is 0.232. The fourth-order valence-corrected chi connectivity index (χ4v) is 6.39. The molecule has 3 heteroatoms. The van der Waals surface area contributed by atoms with Gasteiger partial charge in [-0.25, -0.2) is 9.97 Å². The predicted octanol–water partition coefficient (Wildman–Crippen LogP) is 9.59. The molecule has 6 aromatic carbocycles. The lowest BCUT2D eigenvalue weighted by molar-refractivity contribution is 0.669. The molecule has 9 rings (SSSR count). The zero-order chi connectivity index (χ0) is 26.2. The van der Waals surface area contributed by atoms with E-state index >= 15 is 0 Å². The minimum atomic E-state index is 0.696. The van der Waals surface area contributed by atoms with Crippen LogP contribution in [0, 0.1) is 0 Å². The topological polar surface area (TPSA) is 38.9 Å². The van der Waals surface area contributed by atoms with Gasteiger partial charge >= 0.3 is 0 Å². The highest BCUT2D eigenvalue weighted by Gasteiger charge is 2.21. The molecule has 0 saturated carbocycles. The molecule has 1 aliphatic carbocycles. The summed E-state index contributed by atoms with van der Waals surface area (Å²) in [6.45, 7) is 0. The first-order valence-corrected chi connectivity index (χ1v) is 13.6. The fourth-order valence-electron chi connectivity index (χ4n) is 6.39. The highest BCUT2D eigenvalue weighted by molar-refractivity contribution is 6.06. The molecule has 0 spiro atoms. The average Bonchev–Trinajstić information content (AvgIpc) is 3.58. The first-order chi connectivity index (χ1) is 19.8. The SMILES string of the molecule is c1ccc2c(c1)Cc1c-2ccc2ccc(-c3nc(-c4ccc5c(c4)oc4ccccc45)nc4ccccc34)cc12. The monoisotopic (exact) mass is 510 g/mol. The van der Waals surface area contributed by atoms with E-state index < -0.39 is 0 Å². The summed E-state index contributed by atoms with van der Waals surface area (Å²) in [6.07, 6.45) is 0.958. The van der Waals surface area contributed by atoms with Crippen molar-refractivity contribution in [3.63, 3.8) is 0 Å². The van der Waals surface area contributed by atoms with Gasteiger partial charge in [0.25, 0.3) is 0 Å². The van der Waals surface area contributed by atoms with Crippen molar-refractivity contribution in [2.45, 2.75) is 6.42 Å². The molecule has 2 heterocycles. The third-order valence-electron chi connectivity index (χ3n) is 8.32. The molecule has 0 N–H and O–H groups in total. The maximum atomic E-state index is 6.18. The first-order valence-electron chi connectivity index (χ1n) is 13.6. The lowest BCUT2D eigenvalue weighted by atomic mass is 9.96. The van der Waals surface area contributed by atoms with Crippen LogP contribution < -0.4 is 0 Å². The van der Waals surface area contributed by atoms with Gasteiger partial charge in [0.05, 0.1) is 11.2 Å². The van der Waals surface area contributed by atoms with Gasteiger partial charge in [0.2, 0.25) is 0 Å². The average molecular weight is 511 g/mol. The standard InChI is InChI=1S/C37H22N2O/c1-2-8-26-23(7-1)19-32-27(26)17-15-22-13-14-24(20-31(22)32)36-30-10-3-5-11-33(30)38-37(39-36)25-16-18-29-28-9-4-6-12-34(28)40-35(29)21-25/h1-18,20-21H,19H2. The molecule has 0 atom stereocenters. The van der Waals surface area contributed by atoms with E-state index in [1.54, 1.807) is 0 Å². The second kappa shape index (κ2) is 8.11. The first kappa shape index (κ1) is 21.6. The van der Waals surface area contributed by atoms with Crippen LogP contribution in [0.25, 0.3) is 77.4 Å². The van der Waals surface area contributed by atoms with Crippen LogP contribution in [-0.4, -0.2) is 9.97 Å². The summed E-state index contributed by atoms with van der Waals surface area (Å²) in [4.78, 5) is 10.2. The smallest absolute Gasteiger partial charge is 0.160 e. The molecule has 40 heavy (non-hydrogen) atoms. The van der Waals surface area contributed by atoms with Crippen LogP contribution in [0.2, 0.25) is 0 Å². The lowest BCUT2D eigenvalue weighted by Gasteiger charge is -2.12. The Labute approximate surface area is 230 Å². The van der Waals surface area contributed by atoms with Gasteiger partial charge in [0.1, 0.15) is 11.2 Å². The number of hydrogen-bond donors (Lipinski definition) is 0. The summed E-state index contributed by atoms with van der Waals surface area (Å²) in [5, 5.41) is 5.81. The van der Waals surface area contributed by atoms with E-state index in [1.165, 1.54) is 33.0 Å². The van der Waals surface area contributed by atoms with Crippen molar-refractivity contribution in [1.82, 2.24) is 9.97 Å². The molecule has 0 amide bonds. The molecule has 0 aliphatic heterocycles. The fraction of sp³-hybridized carbons (Fsp3) is 0.0270. The Hall–Kier alpha value is -5.28. The van der Waals surface area contributed by atoms with Crippen LogP contribution in [0.4, 0.5) is 0 Å². The number of aromatic nitrogens is 2. The summed E-state index contributed by atoms with van der Waals surface area (Å²) in [6, 6.07) is 42.7. The van der Waals surface area contributed by atoms with Gasteiger partial charge in [-0.15, -0.1) is 0 Å². The van der Waals surface area contributed by atoms with Crippen molar-refractivity contribution in [3.8, 4) is 33.8 Å². The number of rotatable bonds is 2. The van der Waals surface area contributed by atoms with Crippen molar-refractivity contribution in [3.05, 3.63) is 132 Å². The summed E-state index contributed by atoms with van der Waals surface area (Å²) in [5.74, 6) is 0.696. The van der Waals surface area contributed by atoms with Crippen LogP contribution in [0.15, 0.2) is 126 Å². The van der Waals surface area contributed by atoms with E-state index in [0.717, 1.165) is 56.1 Å². The Morgan fingerprint density at radius 3 is 2.27 bits per heavy atom. The number of para-hydroxylation sites is 2. The number of furan rings is 1. The molecule has 1 aliphatic rings. The minimum Gasteiger partial charge on any atom is -0.456 e. The molecule has 0 bridgehead atoms. The van der Waals surface area contributed by atoms with Gasteiger partial charge < -0.3 is 4.42 Å². The predicted molar refractivity (Wildman–Crippen MR) is 163 cm³/mol. The Balaban J connectivity index is 1.25. The maximum absolute atomic E-state index is 6.18. The molecule has 0 saturated heterocycles. The highest BCUT2D eigenvalue weighted by Crippen LogP contribution is 2.42. The van der Waals surface area contributed by atoms with E-state index in [9.17, 15) is 0 Å². The van der Waals surface area contributed by atoms with Gasteiger partial charge in [-0.3, -0.25) is 0 Å². The Kier molecular flexibility index (Phi) is 4.39. The van der Waals surface area contributed by atoms with Gasteiger partial charge in [-0.2, -0.15) is 0 Å². The largest absolute Gasteiger partial charge is 0.456 e. The molecule has 0 radical (unpaired) electrons. The number of benzene rings is 6. The third kappa shape index (κ3) is 3.12. The van der Waals surface area contributed by atoms with E-state index in [-0.39, 0.29) is 0 Å². The van der Waals surface area contributed by atoms with Crippen molar-refractivity contribution in [2.75, 3.05) is 0 Å². The molecule has 186 valence electrons. The summed E-state index contributed by atoms with van der Waals surface area (Å²) < 4.78 is 6.18. The van der Waals surface area contributed by atoms with Crippen LogP contribution in [0.3, 0.4) is 0 Å². The van der Waals surface area contributed by atoms with E-state index in [2.05, 4.69) is 97.1 Å². The Morgan fingerprint density at radius 1 is 0.525 bits per heavy atom. The molecule has 0 unspecified atom stereocenters. The van der Waals surface area contributed by atoms with Crippen LogP contribution >= 0.6 is 0 Å². The second-order valence-electron chi connectivity index (χ2n) is 10.6. The normalized spacial score (nSPS) is 12.4. The Morgan fingerprint density at radius 2 is 1.30 bits per heavy atom. The number of nitrogens with zero attached hydrogens (tertiary/aromatic N) is 2. The molecule has 2 aromatic heterocycles. The summed E-state index contributed by atoms with van der Waals surface area (Å²) >= 11 is 0. The van der Waals surface area contributed by atoms with Crippen molar-refractivity contribution < 1.29 is 4.42 Å². The lowest BCUT2D eigenvalue weighted by Crippen LogP contribution is -1.95. The molecular weight excluding hydrogens is 488 g/mol. The van der Waals surface area contributed by atoms with Gasteiger partial charge in [0, 0.05) is 27.3 Å². The van der Waals surface area contributed by atoms with Crippen LogP contribution in [0.5, 0.6) is 0 Å². The van der Waals surface area contributed by atoms with Crippen molar-refractivity contribution in [1.29, 1.82) is 0 Å². The minimum absolute atomic E-state index is 0.696. The van der Waals surface area contributed by atoms with Crippen molar-refractivity contribution in [2.24, 2.45) is 0 Å².